The van der Waals surface area contributed by atoms with Crippen LogP contribution in [-0.2, 0) is 19.1 Å². The number of carbonyl (C=O) groups excluding carboxylic acids is 2. The van der Waals surface area contributed by atoms with E-state index in [1.807, 2.05) is 0 Å². The third-order valence-corrected chi connectivity index (χ3v) is 1.23. The molecule has 0 saturated carbocycles. The lowest BCUT2D eigenvalue weighted by molar-refractivity contribution is -0.158. The molecule has 1 unspecified atom stereocenters. The molecule has 0 aromatic carbocycles. The molecule has 1 rings (SSSR count). The van der Waals surface area contributed by atoms with Crippen molar-refractivity contribution in [2.45, 2.75) is 19.4 Å². The summed E-state index contributed by atoms with van der Waals surface area (Å²) in [6, 6.07) is 0. The van der Waals surface area contributed by atoms with Gasteiger partial charge in [0.05, 0.1) is 6.42 Å². The van der Waals surface area contributed by atoms with Gasteiger partial charge in [0.15, 0.2) is 0 Å². The Morgan fingerprint density at radius 2 is 2.45 bits per heavy atom. The Labute approximate surface area is 63.8 Å². The van der Waals surface area contributed by atoms with Crippen LogP contribution in [0.4, 0.5) is 0 Å². The predicted molar refractivity (Wildman–Crippen MR) is 35.4 cm³/mol. The Hall–Kier alpha value is -1.32. The van der Waals surface area contributed by atoms with Gasteiger partial charge in [-0.2, -0.15) is 0 Å². The molecule has 0 aromatic heterocycles. The van der Waals surface area contributed by atoms with Crippen LogP contribution >= 0.6 is 0 Å². The zero-order valence-corrected chi connectivity index (χ0v) is 6.12. The maximum Gasteiger partial charge on any atom is 0.352 e. The lowest BCUT2D eigenvalue weighted by Gasteiger charge is -2.03. The molecular formula is C7H8O4. The van der Waals surface area contributed by atoms with E-state index in [1.165, 1.54) is 6.92 Å². The molecule has 11 heavy (non-hydrogen) atoms. The first-order valence-electron chi connectivity index (χ1n) is 3.16. The second kappa shape index (κ2) is 2.74. The van der Waals surface area contributed by atoms with Gasteiger partial charge < -0.3 is 9.47 Å². The molecule has 60 valence electrons. The first-order valence-corrected chi connectivity index (χ1v) is 3.16. The fourth-order valence-electron chi connectivity index (χ4n) is 0.830. The molecular weight excluding hydrogens is 148 g/mol. The highest BCUT2D eigenvalue weighted by Crippen LogP contribution is 2.19. The van der Waals surface area contributed by atoms with Crippen LogP contribution in [0.5, 0.6) is 0 Å². The molecule has 0 bridgehead atoms. The van der Waals surface area contributed by atoms with Gasteiger partial charge in [0, 0.05) is 6.92 Å². The van der Waals surface area contributed by atoms with Gasteiger partial charge in [-0.1, -0.05) is 6.58 Å². The zero-order valence-electron chi connectivity index (χ0n) is 6.12. The number of hydrogen-bond acceptors (Lipinski definition) is 4. The van der Waals surface area contributed by atoms with Crippen molar-refractivity contribution in [1.29, 1.82) is 0 Å². The molecule has 1 fully saturated rings. The largest absolute Gasteiger partial charge is 0.450 e. The van der Waals surface area contributed by atoms with Gasteiger partial charge in [-0.15, -0.1) is 0 Å². The molecule has 1 aliphatic heterocycles. The second-order valence-electron chi connectivity index (χ2n) is 2.26. The molecule has 0 amide bonds. The molecule has 0 aliphatic carbocycles. The van der Waals surface area contributed by atoms with Gasteiger partial charge in [-0.25, -0.2) is 4.79 Å². The molecule has 1 atom stereocenters. The highest BCUT2D eigenvalue weighted by Gasteiger charge is 2.32. The maximum atomic E-state index is 10.8. The van der Waals surface area contributed by atoms with Crippen LogP contribution in [0.2, 0.25) is 0 Å². The minimum absolute atomic E-state index is 0.276. The number of ether oxygens (including phenoxy) is 2. The Morgan fingerprint density at radius 1 is 1.82 bits per heavy atom. The van der Waals surface area contributed by atoms with Crippen molar-refractivity contribution in [3.05, 3.63) is 12.3 Å². The molecule has 1 saturated heterocycles. The molecule has 0 radical (unpaired) electrons. The van der Waals surface area contributed by atoms with Gasteiger partial charge in [0.2, 0.25) is 6.10 Å². The van der Waals surface area contributed by atoms with Crippen LogP contribution in [0, 0.1) is 0 Å². The highest BCUT2D eigenvalue weighted by atomic mass is 16.6. The van der Waals surface area contributed by atoms with Crippen molar-refractivity contribution in [1.82, 2.24) is 0 Å². The van der Waals surface area contributed by atoms with E-state index in [2.05, 4.69) is 16.1 Å². The third-order valence-electron chi connectivity index (χ3n) is 1.23. The minimum Gasteiger partial charge on any atom is -0.450 e. The Kier molecular flexibility index (Phi) is 1.94. The highest BCUT2D eigenvalue weighted by molar-refractivity contribution is 5.81. The van der Waals surface area contributed by atoms with Crippen LogP contribution in [0.1, 0.15) is 13.3 Å². The third kappa shape index (κ3) is 1.80. The van der Waals surface area contributed by atoms with Crippen LogP contribution < -0.4 is 0 Å². The van der Waals surface area contributed by atoms with Gasteiger partial charge in [-0.05, 0) is 0 Å². The molecule has 4 heteroatoms. The van der Waals surface area contributed by atoms with Crippen molar-refractivity contribution < 1.29 is 19.1 Å². The molecule has 0 aromatic rings. The standard InChI is InChI=1S/C7H8O4/c1-4-3-6(7(9)10-4)11-5(2)8/h6H,1,3H2,2H3. The van der Waals surface area contributed by atoms with Gasteiger partial charge in [0.25, 0.3) is 0 Å². The van der Waals surface area contributed by atoms with Crippen molar-refractivity contribution in [2.75, 3.05) is 0 Å². The first kappa shape index (κ1) is 7.78. The minimum atomic E-state index is -0.778. The molecule has 0 N–H and O–H groups in total. The van der Waals surface area contributed by atoms with Gasteiger partial charge >= 0.3 is 11.9 Å². The van der Waals surface area contributed by atoms with Gasteiger partial charge in [-0.3, -0.25) is 4.79 Å². The summed E-state index contributed by atoms with van der Waals surface area (Å²) in [6.45, 7) is 4.67. The Morgan fingerprint density at radius 3 is 2.82 bits per heavy atom. The molecule has 1 aliphatic rings. The van der Waals surface area contributed by atoms with E-state index in [-0.39, 0.29) is 6.42 Å². The van der Waals surface area contributed by atoms with E-state index in [4.69, 9.17) is 0 Å². The Bertz CT molecular complexity index is 218. The van der Waals surface area contributed by atoms with E-state index in [0.717, 1.165) is 0 Å². The van der Waals surface area contributed by atoms with E-state index in [1.54, 1.807) is 0 Å². The van der Waals surface area contributed by atoms with Crippen LogP contribution in [0.25, 0.3) is 0 Å². The molecule has 1 heterocycles. The average molecular weight is 156 g/mol. The summed E-state index contributed by atoms with van der Waals surface area (Å²) in [5, 5.41) is 0. The topological polar surface area (TPSA) is 52.6 Å². The van der Waals surface area contributed by atoms with Crippen LogP contribution in [0.3, 0.4) is 0 Å². The van der Waals surface area contributed by atoms with Gasteiger partial charge in [0.1, 0.15) is 5.76 Å². The van der Waals surface area contributed by atoms with E-state index < -0.39 is 18.0 Å². The fraction of sp³-hybridized carbons (Fsp3) is 0.429. The smallest absolute Gasteiger partial charge is 0.352 e. The summed E-state index contributed by atoms with van der Waals surface area (Å²) in [5.41, 5.74) is 0. The lowest BCUT2D eigenvalue weighted by atomic mass is 10.3. The summed E-state index contributed by atoms with van der Waals surface area (Å²) >= 11 is 0. The SMILES string of the molecule is C=C1CC(OC(C)=O)C(=O)O1. The summed E-state index contributed by atoms with van der Waals surface area (Å²) in [6.07, 6.45) is -0.502. The van der Waals surface area contributed by atoms with E-state index in [9.17, 15) is 9.59 Å². The summed E-state index contributed by atoms with van der Waals surface area (Å²) < 4.78 is 9.18. The predicted octanol–water partition coefficient (Wildman–Crippen LogP) is 0.379. The van der Waals surface area contributed by atoms with Crippen molar-refractivity contribution in [3.63, 3.8) is 0 Å². The van der Waals surface area contributed by atoms with E-state index >= 15 is 0 Å². The molecule has 0 spiro atoms. The summed E-state index contributed by atoms with van der Waals surface area (Å²) in [7, 11) is 0. The monoisotopic (exact) mass is 156 g/mol. The lowest BCUT2D eigenvalue weighted by Crippen LogP contribution is -2.20. The normalized spacial score (nSPS) is 23.2. The number of cyclic esters (lactones) is 1. The number of carbonyl (C=O) groups is 2. The summed E-state index contributed by atoms with van der Waals surface area (Å²) in [5.74, 6) is -0.673. The molecule has 4 nitrogen and oxygen atoms in total. The maximum absolute atomic E-state index is 10.8. The number of hydrogen-bond donors (Lipinski definition) is 0. The second-order valence-corrected chi connectivity index (χ2v) is 2.26. The quantitative estimate of drug-likeness (QED) is 0.515. The summed E-state index contributed by atoms with van der Waals surface area (Å²) in [4.78, 5) is 21.2. The number of rotatable bonds is 1. The number of esters is 2. The van der Waals surface area contributed by atoms with Crippen LogP contribution in [0.15, 0.2) is 12.3 Å². The van der Waals surface area contributed by atoms with E-state index in [0.29, 0.717) is 5.76 Å². The zero-order chi connectivity index (χ0) is 8.43. The fourth-order valence-corrected chi connectivity index (χ4v) is 0.830. The first-order chi connectivity index (χ1) is 5.09. The van der Waals surface area contributed by atoms with Crippen molar-refractivity contribution in [3.8, 4) is 0 Å². The van der Waals surface area contributed by atoms with Crippen molar-refractivity contribution in [2.24, 2.45) is 0 Å². The van der Waals surface area contributed by atoms with Crippen molar-refractivity contribution >= 4 is 11.9 Å². The van der Waals surface area contributed by atoms with Crippen LogP contribution in [-0.4, -0.2) is 18.0 Å². The Balaban J connectivity index is 2.53. The average Bonchev–Trinajstić information content (AvgIpc) is 2.09.